The second-order valence-electron chi connectivity index (χ2n) is 3.75. The van der Waals surface area contributed by atoms with E-state index in [0.717, 1.165) is 6.54 Å². The molecule has 1 aliphatic heterocycles. The van der Waals surface area contributed by atoms with Gasteiger partial charge in [0.1, 0.15) is 6.04 Å². The lowest BCUT2D eigenvalue weighted by Crippen LogP contribution is -2.61. The van der Waals surface area contributed by atoms with Crippen LogP contribution in [0.4, 0.5) is 0 Å². The Bertz CT molecular complexity index is 196. The monoisotopic (exact) mass is 165 g/mol. The van der Waals surface area contributed by atoms with Gasteiger partial charge in [-0.3, -0.25) is 5.32 Å². The predicted molar refractivity (Wildman–Crippen MR) is 46.6 cm³/mol. The van der Waals surface area contributed by atoms with Crippen LogP contribution in [-0.2, 0) is 0 Å². The highest BCUT2D eigenvalue weighted by Gasteiger charge is 2.30. The Kier molecular flexibility index (Phi) is 2.29. The molecule has 2 fully saturated rings. The maximum Gasteiger partial charge on any atom is 0.108 e. The molecule has 1 saturated heterocycles. The summed E-state index contributed by atoms with van der Waals surface area (Å²) in [6, 6.07) is 3.48. The molecule has 0 aromatic carbocycles. The molecule has 3 nitrogen and oxygen atoms in total. The predicted octanol–water partition coefficient (Wildman–Crippen LogP) is 0.383. The number of piperazine rings is 1. The van der Waals surface area contributed by atoms with Crippen LogP contribution in [0.3, 0.4) is 0 Å². The molecule has 0 amide bonds. The minimum atomic E-state index is 0.0318. The Labute approximate surface area is 73.1 Å². The van der Waals surface area contributed by atoms with Gasteiger partial charge in [-0.15, -0.1) is 0 Å². The van der Waals surface area contributed by atoms with E-state index in [2.05, 4.69) is 16.7 Å². The summed E-state index contributed by atoms with van der Waals surface area (Å²) >= 11 is 0. The lowest BCUT2D eigenvalue weighted by atomic mass is 9.88. The second-order valence-corrected chi connectivity index (χ2v) is 3.75. The zero-order valence-electron chi connectivity index (χ0n) is 7.21. The van der Waals surface area contributed by atoms with E-state index in [1.165, 1.54) is 25.7 Å². The molecule has 3 heteroatoms. The van der Waals surface area contributed by atoms with Crippen LogP contribution in [0.2, 0.25) is 0 Å². The molecule has 1 aliphatic carbocycles. The maximum atomic E-state index is 8.73. The van der Waals surface area contributed by atoms with Gasteiger partial charge in [0, 0.05) is 18.6 Å². The summed E-state index contributed by atoms with van der Waals surface area (Å²) in [6.07, 6.45) is 5.16. The Balaban J connectivity index is 1.95. The van der Waals surface area contributed by atoms with E-state index in [1.54, 1.807) is 0 Å². The SMILES string of the molecule is N#C[C@H]1CN[C@H]2CCCC[C@H]2N1. The Morgan fingerprint density at radius 2 is 1.92 bits per heavy atom. The molecule has 12 heavy (non-hydrogen) atoms. The van der Waals surface area contributed by atoms with Gasteiger partial charge in [0.05, 0.1) is 6.07 Å². The fourth-order valence-corrected chi connectivity index (χ4v) is 2.24. The molecule has 2 rings (SSSR count). The second kappa shape index (κ2) is 3.42. The highest BCUT2D eigenvalue weighted by atomic mass is 15.1. The van der Waals surface area contributed by atoms with Crippen molar-refractivity contribution in [1.29, 1.82) is 5.26 Å². The molecular weight excluding hydrogens is 150 g/mol. The molecule has 0 radical (unpaired) electrons. The van der Waals surface area contributed by atoms with Crippen LogP contribution in [0.15, 0.2) is 0 Å². The first kappa shape index (κ1) is 8.03. The van der Waals surface area contributed by atoms with E-state index in [-0.39, 0.29) is 6.04 Å². The van der Waals surface area contributed by atoms with Crippen molar-refractivity contribution in [2.75, 3.05) is 6.54 Å². The van der Waals surface area contributed by atoms with Crippen LogP contribution in [0, 0.1) is 11.3 Å². The van der Waals surface area contributed by atoms with Gasteiger partial charge >= 0.3 is 0 Å². The largest absolute Gasteiger partial charge is 0.310 e. The lowest BCUT2D eigenvalue weighted by Gasteiger charge is -2.39. The smallest absolute Gasteiger partial charge is 0.108 e. The van der Waals surface area contributed by atoms with E-state index < -0.39 is 0 Å². The number of nitriles is 1. The number of hydrogen-bond acceptors (Lipinski definition) is 3. The number of fused-ring (bicyclic) bond motifs is 1. The standard InChI is InChI=1S/C9H15N3/c10-5-7-6-11-8-3-1-2-4-9(8)12-7/h7-9,11-12H,1-4,6H2/t7-,8-,9+/m0/s1. The number of nitrogens with zero attached hydrogens (tertiary/aromatic N) is 1. The summed E-state index contributed by atoms with van der Waals surface area (Å²) in [7, 11) is 0. The summed E-state index contributed by atoms with van der Waals surface area (Å²) in [6.45, 7) is 0.817. The van der Waals surface area contributed by atoms with Gasteiger partial charge in [-0.25, -0.2) is 0 Å². The maximum absolute atomic E-state index is 8.73. The zero-order chi connectivity index (χ0) is 8.39. The average Bonchev–Trinajstić information content (AvgIpc) is 2.17. The van der Waals surface area contributed by atoms with Crippen molar-refractivity contribution in [3.63, 3.8) is 0 Å². The van der Waals surface area contributed by atoms with Gasteiger partial charge in [0.15, 0.2) is 0 Å². The normalized spacial score (nSPS) is 41.4. The molecule has 0 bridgehead atoms. The first-order valence-corrected chi connectivity index (χ1v) is 4.79. The van der Waals surface area contributed by atoms with Gasteiger partial charge in [-0.2, -0.15) is 5.26 Å². The highest BCUT2D eigenvalue weighted by molar-refractivity contribution is 5.02. The Morgan fingerprint density at radius 1 is 1.17 bits per heavy atom. The molecule has 0 spiro atoms. The Morgan fingerprint density at radius 3 is 2.67 bits per heavy atom. The van der Waals surface area contributed by atoms with Gasteiger partial charge < -0.3 is 5.32 Å². The first-order chi connectivity index (χ1) is 5.90. The van der Waals surface area contributed by atoms with Gasteiger partial charge in [0.25, 0.3) is 0 Å². The fraction of sp³-hybridized carbons (Fsp3) is 0.889. The molecule has 0 aromatic heterocycles. The van der Waals surface area contributed by atoms with Crippen LogP contribution in [0.1, 0.15) is 25.7 Å². The number of nitrogens with one attached hydrogen (secondary N) is 2. The third-order valence-corrected chi connectivity index (χ3v) is 2.92. The highest BCUT2D eigenvalue weighted by Crippen LogP contribution is 2.20. The fourth-order valence-electron chi connectivity index (χ4n) is 2.24. The third-order valence-electron chi connectivity index (χ3n) is 2.92. The molecule has 1 heterocycles. The Hall–Kier alpha value is -0.590. The van der Waals surface area contributed by atoms with Crippen LogP contribution >= 0.6 is 0 Å². The van der Waals surface area contributed by atoms with E-state index in [4.69, 9.17) is 5.26 Å². The molecule has 1 saturated carbocycles. The first-order valence-electron chi connectivity index (χ1n) is 4.79. The molecule has 3 atom stereocenters. The van der Waals surface area contributed by atoms with E-state index in [0.29, 0.717) is 12.1 Å². The molecule has 2 N–H and O–H groups in total. The van der Waals surface area contributed by atoms with Crippen molar-refractivity contribution in [3.8, 4) is 6.07 Å². The van der Waals surface area contributed by atoms with Crippen LogP contribution in [-0.4, -0.2) is 24.7 Å². The molecule has 0 aromatic rings. The number of rotatable bonds is 0. The summed E-state index contributed by atoms with van der Waals surface area (Å²) in [4.78, 5) is 0. The van der Waals surface area contributed by atoms with Gasteiger partial charge in [0.2, 0.25) is 0 Å². The molecule has 2 aliphatic rings. The molecular formula is C9H15N3. The van der Waals surface area contributed by atoms with Crippen molar-refractivity contribution in [2.45, 2.75) is 43.8 Å². The van der Waals surface area contributed by atoms with Crippen LogP contribution < -0.4 is 10.6 Å². The average molecular weight is 165 g/mol. The zero-order valence-corrected chi connectivity index (χ0v) is 7.21. The molecule has 0 unspecified atom stereocenters. The summed E-state index contributed by atoms with van der Waals surface area (Å²) in [5, 5.41) is 15.5. The van der Waals surface area contributed by atoms with E-state index in [9.17, 15) is 0 Å². The van der Waals surface area contributed by atoms with Crippen molar-refractivity contribution >= 4 is 0 Å². The van der Waals surface area contributed by atoms with E-state index in [1.807, 2.05) is 0 Å². The number of hydrogen-bond donors (Lipinski definition) is 2. The quantitative estimate of drug-likeness (QED) is 0.545. The molecule has 66 valence electrons. The van der Waals surface area contributed by atoms with E-state index >= 15 is 0 Å². The van der Waals surface area contributed by atoms with Crippen molar-refractivity contribution in [1.82, 2.24) is 10.6 Å². The van der Waals surface area contributed by atoms with Crippen molar-refractivity contribution in [2.24, 2.45) is 0 Å². The minimum Gasteiger partial charge on any atom is -0.310 e. The minimum absolute atomic E-state index is 0.0318. The third kappa shape index (κ3) is 1.45. The van der Waals surface area contributed by atoms with Crippen LogP contribution in [0.25, 0.3) is 0 Å². The summed E-state index contributed by atoms with van der Waals surface area (Å²) in [5.41, 5.74) is 0. The van der Waals surface area contributed by atoms with Crippen molar-refractivity contribution < 1.29 is 0 Å². The topological polar surface area (TPSA) is 47.9 Å². The lowest BCUT2D eigenvalue weighted by molar-refractivity contribution is 0.231. The summed E-state index contributed by atoms with van der Waals surface area (Å²) in [5.74, 6) is 0. The summed E-state index contributed by atoms with van der Waals surface area (Å²) < 4.78 is 0. The van der Waals surface area contributed by atoms with Crippen LogP contribution in [0.5, 0.6) is 0 Å². The van der Waals surface area contributed by atoms with Gasteiger partial charge in [-0.05, 0) is 12.8 Å². The van der Waals surface area contributed by atoms with Gasteiger partial charge in [-0.1, -0.05) is 12.8 Å². The van der Waals surface area contributed by atoms with Crippen molar-refractivity contribution in [3.05, 3.63) is 0 Å².